The highest BCUT2D eigenvalue weighted by Crippen LogP contribution is 2.38. The van der Waals surface area contributed by atoms with Crippen LogP contribution in [0.25, 0.3) is 0 Å². The molecule has 12 heavy (non-hydrogen) atoms. The van der Waals surface area contributed by atoms with Gasteiger partial charge in [0.25, 0.3) is 0 Å². The molecule has 2 N–H and O–H groups in total. The Bertz CT molecular complexity index is 274. The third-order valence-corrected chi connectivity index (χ3v) is 3.38. The minimum Gasteiger partial charge on any atom is -0.316 e. The largest absolute Gasteiger partial charge is 0.316 e. The summed E-state index contributed by atoms with van der Waals surface area (Å²) in [5, 5.41) is 0.257. The van der Waals surface area contributed by atoms with E-state index < -0.39 is 0 Å². The van der Waals surface area contributed by atoms with Gasteiger partial charge in [0, 0.05) is 6.20 Å². The van der Waals surface area contributed by atoms with Crippen LogP contribution >= 0.6 is 11.8 Å². The van der Waals surface area contributed by atoms with Crippen molar-refractivity contribution in [2.45, 2.75) is 17.2 Å². The number of fused-ring (bicyclic) bond motifs is 1. The summed E-state index contributed by atoms with van der Waals surface area (Å²) in [4.78, 5) is 12.8. The predicted molar refractivity (Wildman–Crippen MR) is 49.1 cm³/mol. The monoisotopic (exact) mass is 182 g/mol. The molecule has 2 rings (SSSR count). The number of amides is 1. The second-order valence-corrected chi connectivity index (χ2v) is 4.17. The molecule has 0 aromatic rings. The standard InChI is InChI=1S/C8H10N2OS/c1-2-5-4-10-6(11)3-7(10)12-8(5)9/h2,4,7-8H,1,3,9H2/t7-,8?/m1/s1. The van der Waals surface area contributed by atoms with Gasteiger partial charge in [0.05, 0.1) is 17.2 Å². The van der Waals surface area contributed by atoms with Gasteiger partial charge in [0.2, 0.25) is 5.91 Å². The highest BCUT2D eigenvalue weighted by atomic mass is 32.2. The molecule has 0 saturated carbocycles. The Morgan fingerprint density at radius 1 is 1.83 bits per heavy atom. The maximum atomic E-state index is 11.0. The number of hydrogen-bond acceptors (Lipinski definition) is 3. The summed E-state index contributed by atoms with van der Waals surface area (Å²) in [7, 11) is 0. The molecule has 1 unspecified atom stereocenters. The van der Waals surface area contributed by atoms with E-state index >= 15 is 0 Å². The normalized spacial score (nSPS) is 33.6. The SMILES string of the molecule is C=CC1=CN2C(=O)C[C@H]2SC1N. The molecule has 0 aliphatic carbocycles. The average molecular weight is 182 g/mol. The van der Waals surface area contributed by atoms with Gasteiger partial charge in [-0.15, -0.1) is 11.8 Å². The van der Waals surface area contributed by atoms with Gasteiger partial charge < -0.3 is 10.6 Å². The van der Waals surface area contributed by atoms with Gasteiger partial charge >= 0.3 is 0 Å². The molecular formula is C8H10N2OS. The molecule has 0 radical (unpaired) electrons. The summed E-state index contributed by atoms with van der Waals surface area (Å²) in [5.74, 6) is 0.179. The van der Waals surface area contributed by atoms with Crippen LogP contribution in [0.1, 0.15) is 6.42 Å². The smallest absolute Gasteiger partial charge is 0.230 e. The van der Waals surface area contributed by atoms with E-state index in [4.69, 9.17) is 5.73 Å². The van der Waals surface area contributed by atoms with E-state index in [1.165, 1.54) is 0 Å². The number of nitrogens with two attached hydrogens (primary N) is 1. The molecule has 64 valence electrons. The van der Waals surface area contributed by atoms with Crippen molar-refractivity contribution in [1.29, 1.82) is 0 Å². The van der Waals surface area contributed by atoms with Crippen LogP contribution in [0, 0.1) is 0 Å². The molecular weight excluding hydrogens is 172 g/mol. The first-order valence-electron chi connectivity index (χ1n) is 3.78. The van der Waals surface area contributed by atoms with Crippen LogP contribution < -0.4 is 5.73 Å². The fourth-order valence-electron chi connectivity index (χ4n) is 1.32. The second kappa shape index (κ2) is 2.64. The highest BCUT2D eigenvalue weighted by molar-refractivity contribution is 8.00. The molecule has 0 aromatic heterocycles. The molecule has 2 heterocycles. The molecule has 3 nitrogen and oxygen atoms in total. The van der Waals surface area contributed by atoms with Crippen molar-refractivity contribution in [2.75, 3.05) is 0 Å². The Labute approximate surface area is 75.3 Å². The summed E-state index contributed by atoms with van der Waals surface area (Å²) in [6, 6.07) is 0. The minimum absolute atomic E-state index is 0.0168. The summed E-state index contributed by atoms with van der Waals surface area (Å²) >= 11 is 1.62. The zero-order chi connectivity index (χ0) is 8.72. The van der Waals surface area contributed by atoms with Gasteiger partial charge in [-0.25, -0.2) is 0 Å². The van der Waals surface area contributed by atoms with Crippen molar-refractivity contribution in [1.82, 2.24) is 4.90 Å². The first-order chi connectivity index (χ1) is 5.72. The molecule has 1 saturated heterocycles. The molecule has 1 fully saturated rings. The zero-order valence-corrected chi connectivity index (χ0v) is 7.38. The van der Waals surface area contributed by atoms with Crippen molar-refractivity contribution < 1.29 is 4.79 Å². The lowest BCUT2D eigenvalue weighted by Gasteiger charge is -2.42. The lowest BCUT2D eigenvalue weighted by Crippen LogP contribution is -2.51. The molecule has 2 aliphatic rings. The van der Waals surface area contributed by atoms with Gasteiger partial charge in [0.15, 0.2) is 0 Å². The topological polar surface area (TPSA) is 46.3 Å². The van der Waals surface area contributed by atoms with Crippen LogP contribution in [0.2, 0.25) is 0 Å². The van der Waals surface area contributed by atoms with Crippen LogP contribution in [0.5, 0.6) is 0 Å². The van der Waals surface area contributed by atoms with Crippen molar-refractivity contribution >= 4 is 17.7 Å². The van der Waals surface area contributed by atoms with Crippen LogP contribution in [0.15, 0.2) is 24.4 Å². The van der Waals surface area contributed by atoms with Crippen LogP contribution in [-0.4, -0.2) is 21.6 Å². The molecule has 0 aromatic carbocycles. The van der Waals surface area contributed by atoms with E-state index in [0.717, 1.165) is 5.57 Å². The Hall–Kier alpha value is -0.740. The third-order valence-electron chi connectivity index (χ3n) is 2.10. The van der Waals surface area contributed by atoms with Gasteiger partial charge in [0.1, 0.15) is 0 Å². The van der Waals surface area contributed by atoms with E-state index in [1.54, 1.807) is 22.7 Å². The Kier molecular flexibility index (Phi) is 1.73. The number of nitrogens with zero attached hydrogens (tertiary/aromatic N) is 1. The van der Waals surface area contributed by atoms with Crippen LogP contribution in [0.4, 0.5) is 0 Å². The van der Waals surface area contributed by atoms with E-state index in [0.29, 0.717) is 6.42 Å². The summed E-state index contributed by atoms with van der Waals surface area (Å²) < 4.78 is 0. The Morgan fingerprint density at radius 3 is 3.17 bits per heavy atom. The zero-order valence-electron chi connectivity index (χ0n) is 6.56. The molecule has 1 amide bonds. The van der Waals surface area contributed by atoms with E-state index in [1.807, 2.05) is 6.20 Å². The third kappa shape index (κ3) is 0.990. The van der Waals surface area contributed by atoms with Crippen LogP contribution in [0.3, 0.4) is 0 Å². The number of carbonyl (C=O) groups is 1. The first-order valence-corrected chi connectivity index (χ1v) is 4.73. The van der Waals surface area contributed by atoms with Gasteiger partial charge in [-0.05, 0) is 5.57 Å². The fourth-order valence-corrected chi connectivity index (χ4v) is 2.52. The van der Waals surface area contributed by atoms with E-state index in [9.17, 15) is 4.79 Å². The van der Waals surface area contributed by atoms with Crippen molar-refractivity contribution in [3.8, 4) is 0 Å². The van der Waals surface area contributed by atoms with E-state index in [-0.39, 0.29) is 16.7 Å². The quantitative estimate of drug-likeness (QED) is 0.605. The van der Waals surface area contributed by atoms with E-state index in [2.05, 4.69) is 6.58 Å². The lowest BCUT2D eigenvalue weighted by molar-refractivity contribution is -0.137. The summed E-state index contributed by atoms with van der Waals surface area (Å²) in [6.07, 6.45) is 4.14. The lowest BCUT2D eigenvalue weighted by atomic mass is 10.2. The molecule has 4 heteroatoms. The molecule has 0 bridgehead atoms. The number of carbonyl (C=O) groups excluding carboxylic acids is 1. The second-order valence-electron chi connectivity index (χ2n) is 2.85. The fraction of sp³-hybridized carbons (Fsp3) is 0.375. The average Bonchev–Trinajstić information content (AvgIpc) is 2.04. The molecule has 2 aliphatic heterocycles. The van der Waals surface area contributed by atoms with Crippen molar-refractivity contribution in [3.63, 3.8) is 0 Å². The minimum atomic E-state index is -0.0168. The predicted octanol–water partition coefficient (Wildman–Crippen LogP) is 0.646. The number of rotatable bonds is 1. The summed E-state index contributed by atoms with van der Waals surface area (Å²) in [5.41, 5.74) is 6.74. The summed E-state index contributed by atoms with van der Waals surface area (Å²) in [6.45, 7) is 3.64. The highest BCUT2D eigenvalue weighted by Gasteiger charge is 2.39. The van der Waals surface area contributed by atoms with Crippen molar-refractivity contribution in [3.05, 3.63) is 24.4 Å². The van der Waals surface area contributed by atoms with Crippen LogP contribution in [-0.2, 0) is 4.79 Å². The van der Waals surface area contributed by atoms with Gasteiger partial charge in [-0.3, -0.25) is 4.79 Å². The maximum absolute atomic E-state index is 11.0. The van der Waals surface area contributed by atoms with Crippen molar-refractivity contribution in [2.24, 2.45) is 5.73 Å². The molecule has 2 atom stereocenters. The Morgan fingerprint density at radius 2 is 2.58 bits per heavy atom. The molecule has 0 spiro atoms. The maximum Gasteiger partial charge on any atom is 0.230 e. The first kappa shape index (κ1) is 7.89. The number of hydrogen-bond donors (Lipinski definition) is 1. The number of β-lactam (4-membered cyclic amide) rings is 1. The van der Waals surface area contributed by atoms with Gasteiger partial charge in [-0.1, -0.05) is 12.7 Å². The Balaban J connectivity index is 2.24. The van der Waals surface area contributed by atoms with Gasteiger partial charge in [-0.2, -0.15) is 0 Å². The number of thioether (sulfide) groups is 1.